The molecule has 3 aromatic carbocycles. The van der Waals surface area contributed by atoms with Crippen molar-refractivity contribution in [1.29, 1.82) is 0 Å². The summed E-state index contributed by atoms with van der Waals surface area (Å²) in [6, 6.07) is 25.8. The largest absolute Gasteiger partial charge is 0.489 e. The molecule has 36 heavy (non-hydrogen) atoms. The molecule has 0 heterocycles. The van der Waals surface area contributed by atoms with Crippen LogP contribution in [0.2, 0.25) is 0 Å². The molecule has 0 saturated heterocycles. The Morgan fingerprint density at radius 2 is 1.56 bits per heavy atom. The number of carbonyl (C=O) groups excluding carboxylic acids is 1. The third-order valence-corrected chi connectivity index (χ3v) is 5.61. The van der Waals surface area contributed by atoms with Crippen molar-refractivity contribution in [2.24, 2.45) is 0 Å². The highest BCUT2D eigenvalue weighted by Crippen LogP contribution is 2.22. The number of esters is 1. The number of hydrogen-bond acceptors (Lipinski definition) is 7. The molecule has 0 aliphatic rings. The molecule has 2 unspecified atom stereocenters. The molecule has 192 valence electrons. The molecular weight excluding hydrogens is 458 g/mol. The van der Waals surface area contributed by atoms with E-state index in [1.165, 1.54) is 7.11 Å². The molecule has 0 saturated carbocycles. The van der Waals surface area contributed by atoms with E-state index in [9.17, 15) is 9.90 Å². The van der Waals surface area contributed by atoms with E-state index in [2.05, 4.69) is 17.0 Å². The van der Waals surface area contributed by atoms with Crippen molar-refractivity contribution in [3.8, 4) is 11.5 Å². The fraction of sp³-hybridized carbons (Fsp3) is 0.345. The molecule has 2 atom stereocenters. The minimum absolute atomic E-state index is 0.0330. The minimum atomic E-state index is -0.413. The lowest BCUT2D eigenvalue weighted by Crippen LogP contribution is -2.33. The maximum absolute atomic E-state index is 11.2. The average Bonchev–Trinajstić information content (AvgIpc) is 2.92. The van der Waals surface area contributed by atoms with Gasteiger partial charge in [-0.15, -0.1) is 0 Å². The summed E-state index contributed by atoms with van der Waals surface area (Å²) in [6.07, 6.45) is 0.618. The van der Waals surface area contributed by atoms with Crippen molar-refractivity contribution in [1.82, 2.24) is 5.32 Å². The second kappa shape index (κ2) is 14.9. The van der Waals surface area contributed by atoms with Crippen LogP contribution in [0.5, 0.6) is 11.5 Å². The lowest BCUT2D eigenvalue weighted by Gasteiger charge is -2.22. The Morgan fingerprint density at radius 1 is 0.889 bits per heavy atom. The third-order valence-electron chi connectivity index (χ3n) is 5.61. The van der Waals surface area contributed by atoms with E-state index in [4.69, 9.17) is 14.2 Å². The predicted molar refractivity (Wildman–Crippen MR) is 138 cm³/mol. The van der Waals surface area contributed by atoms with Crippen molar-refractivity contribution in [3.63, 3.8) is 0 Å². The first kappa shape index (κ1) is 27.2. The summed E-state index contributed by atoms with van der Waals surface area (Å²) in [5.41, 5.74) is 3.28. The molecule has 7 heteroatoms. The fourth-order valence-corrected chi connectivity index (χ4v) is 3.64. The first-order valence-electron chi connectivity index (χ1n) is 12.1. The van der Waals surface area contributed by atoms with Crippen LogP contribution in [-0.2, 0) is 27.3 Å². The van der Waals surface area contributed by atoms with Gasteiger partial charge in [-0.25, -0.2) is 4.79 Å². The maximum atomic E-state index is 11.2. The molecule has 0 bridgehead atoms. The number of hydrogen-bond donors (Lipinski definition) is 2. The smallest absolute Gasteiger partial charge is 0.343 e. The first-order valence-corrected chi connectivity index (χ1v) is 12.1. The molecule has 0 aromatic heterocycles. The van der Waals surface area contributed by atoms with E-state index in [0.717, 1.165) is 28.9 Å². The van der Waals surface area contributed by atoms with E-state index in [-0.39, 0.29) is 32.0 Å². The Hall–Kier alpha value is -3.39. The number of methoxy groups -OCH3 is 1. The van der Waals surface area contributed by atoms with Gasteiger partial charge in [-0.2, -0.15) is 0 Å². The summed E-state index contributed by atoms with van der Waals surface area (Å²) in [7, 11) is 1.33. The number of nitrogens with one attached hydrogen (secondary N) is 1. The lowest BCUT2D eigenvalue weighted by molar-refractivity contribution is -0.142. The van der Waals surface area contributed by atoms with Crippen molar-refractivity contribution in [3.05, 3.63) is 95.6 Å². The molecule has 3 aromatic rings. The first-order chi connectivity index (χ1) is 17.6. The molecule has 0 aliphatic heterocycles. The average molecular weight is 494 g/mol. The van der Waals surface area contributed by atoms with Gasteiger partial charge in [0, 0.05) is 12.6 Å². The van der Waals surface area contributed by atoms with Gasteiger partial charge < -0.3 is 29.4 Å². The van der Waals surface area contributed by atoms with Gasteiger partial charge in [0.25, 0.3) is 0 Å². The third kappa shape index (κ3) is 9.34. The van der Waals surface area contributed by atoms with E-state index in [1.54, 1.807) is 0 Å². The van der Waals surface area contributed by atoms with Crippen LogP contribution in [0.3, 0.4) is 0 Å². The molecule has 0 aliphatic carbocycles. The summed E-state index contributed by atoms with van der Waals surface area (Å²) in [5, 5.41) is 12.8. The predicted octanol–water partition coefficient (Wildman–Crippen LogP) is 4.09. The van der Waals surface area contributed by atoms with Crippen molar-refractivity contribution >= 4 is 5.97 Å². The molecule has 3 rings (SSSR count). The van der Waals surface area contributed by atoms with Crippen LogP contribution < -0.4 is 14.8 Å². The van der Waals surface area contributed by atoms with Crippen LogP contribution in [0, 0.1) is 0 Å². The van der Waals surface area contributed by atoms with Crippen LogP contribution in [0.4, 0.5) is 0 Å². The molecule has 2 N–H and O–H groups in total. The maximum Gasteiger partial charge on any atom is 0.343 e. The Kier molecular flexibility index (Phi) is 11.2. The Labute approximate surface area is 213 Å². The second-order valence-electron chi connectivity index (χ2n) is 8.45. The summed E-state index contributed by atoms with van der Waals surface area (Å²) < 4.78 is 21.8. The number of carbonyl (C=O) groups is 1. The number of rotatable bonds is 15. The van der Waals surface area contributed by atoms with E-state index >= 15 is 0 Å². The number of benzene rings is 3. The van der Waals surface area contributed by atoms with Crippen LogP contribution in [0.15, 0.2) is 78.9 Å². The van der Waals surface area contributed by atoms with Crippen LogP contribution >= 0.6 is 0 Å². The van der Waals surface area contributed by atoms with Gasteiger partial charge in [0.15, 0.2) is 6.61 Å². The van der Waals surface area contributed by atoms with Gasteiger partial charge in [-0.05, 0) is 54.3 Å². The monoisotopic (exact) mass is 493 g/mol. The van der Waals surface area contributed by atoms with Crippen molar-refractivity contribution in [2.75, 3.05) is 33.5 Å². The van der Waals surface area contributed by atoms with E-state index in [0.29, 0.717) is 18.9 Å². The Bertz CT molecular complexity index is 1020. The molecular formula is C29H35NO6. The van der Waals surface area contributed by atoms with Gasteiger partial charge in [0.2, 0.25) is 0 Å². The van der Waals surface area contributed by atoms with Gasteiger partial charge in [0.05, 0.1) is 26.4 Å². The number of ether oxygens (including phenoxy) is 4. The number of aliphatic hydroxyl groups is 1. The summed E-state index contributed by atoms with van der Waals surface area (Å²) in [6.45, 7) is 3.36. The van der Waals surface area contributed by atoms with Crippen molar-refractivity contribution in [2.45, 2.75) is 32.1 Å². The molecule has 0 radical (unpaired) electrons. The van der Waals surface area contributed by atoms with Gasteiger partial charge >= 0.3 is 5.97 Å². The molecule has 7 nitrogen and oxygen atoms in total. The highest BCUT2D eigenvalue weighted by atomic mass is 16.6. The zero-order chi connectivity index (χ0) is 25.6. The zero-order valence-electron chi connectivity index (χ0n) is 20.9. The lowest BCUT2D eigenvalue weighted by atomic mass is 10.1. The zero-order valence-corrected chi connectivity index (χ0v) is 20.9. The summed E-state index contributed by atoms with van der Waals surface area (Å²) in [4.78, 5) is 11.2. The normalized spacial score (nSPS) is 12.5. The SMILES string of the molecule is COC(=O)COc1ccc(CC(C)NCC(OCCO)c2ccc(OCc3ccccc3)cc2)cc1. The highest BCUT2D eigenvalue weighted by Gasteiger charge is 2.14. The van der Waals surface area contributed by atoms with Gasteiger partial charge in [-0.1, -0.05) is 54.6 Å². The molecule has 0 amide bonds. The summed E-state index contributed by atoms with van der Waals surface area (Å²) in [5.74, 6) is 1.01. The van der Waals surface area contributed by atoms with Gasteiger partial charge in [-0.3, -0.25) is 0 Å². The summed E-state index contributed by atoms with van der Waals surface area (Å²) >= 11 is 0. The van der Waals surface area contributed by atoms with Crippen molar-refractivity contribution < 1.29 is 28.8 Å². The number of aliphatic hydroxyl groups excluding tert-OH is 1. The van der Waals surface area contributed by atoms with Crippen LogP contribution in [0.25, 0.3) is 0 Å². The van der Waals surface area contributed by atoms with Crippen LogP contribution in [0.1, 0.15) is 29.7 Å². The standard InChI is InChI=1S/C29H35NO6/c1-22(18-23-8-12-26(13-9-23)36-21-29(32)33-2)30-19-28(34-17-16-31)25-10-14-27(15-11-25)35-20-24-6-4-3-5-7-24/h3-15,22,28,30-31H,16-21H2,1-2H3. The highest BCUT2D eigenvalue weighted by molar-refractivity contribution is 5.70. The van der Waals surface area contributed by atoms with Crippen LogP contribution in [-0.4, -0.2) is 50.6 Å². The second-order valence-corrected chi connectivity index (χ2v) is 8.45. The minimum Gasteiger partial charge on any atom is -0.489 e. The Balaban J connectivity index is 1.49. The fourth-order valence-electron chi connectivity index (χ4n) is 3.64. The van der Waals surface area contributed by atoms with E-state index in [1.807, 2.05) is 78.9 Å². The van der Waals surface area contributed by atoms with E-state index < -0.39 is 5.97 Å². The topological polar surface area (TPSA) is 86.3 Å². The molecule has 0 spiro atoms. The van der Waals surface area contributed by atoms with Gasteiger partial charge in [0.1, 0.15) is 18.1 Å². The quantitative estimate of drug-likeness (QED) is 0.309. The molecule has 0 fully saturated rings. The Morgan fingerprint density at radius 3 is 2.22 bits per heavy atom.